The van der Waals surface area contributed by atoms with E-state index in [0.29, 0.717) is 17.8 Å². The molecule has 0 aliphatic rings. The highest BCUT2D eigenvalue weighted by Gasteiger charge is 2.16. The molecule has 0 heterocycles. The van der Waals surface area contributed by atoms with Crippen molar-refractivity contribution in [2.45, 2.75) is 24.7 Å². The van der Waals surface area contributed by atoms with Crippen LogP contribution >= 0.6 is 0 Å². The lowest BCUT2D eigenvalue weighted by molar-refractivity contribution is 0.0951. The van der Waals surface area contributed by atoms with Gasteiger partial charge in [0.05, 0.1) is 10.6 Å². The normalized spacial score (nSPS) is 12.2. The Kier molecular flexibility index (Phi) is 6.34. The molecule has 3 aromatic rings. The van der Waals surface area contributed by atoms with Crippen molar-refractivity contribution in [2.75, 3.05) is 11.3 Å². The first-order chi connectivity index (χ1) is 13.9. The van der Waals surface area contributed by atoms with E-state index in [1.807, 2.05) is 37.3 Å². The van der Waals surface area contributed by atoms with Crippen molar-refractivity contribution < 1.29 is 13.2 Å². The molecule has 150 valence electrons. The quantitative estimate of drug-likeness (QED) is 0.611. The number of hydrogen-bond acceptors (Lipinski definition) is 3. The Morgan fingerprint density at radius 1 is 0.931 bits per heavy atom. The second-order valence-corrected chi connectivity index (χ2v) is 8.65. The molecule has 0 aromatic heterocycles. The maximum absolute atomic E-state index is 12.6. The largest absolute Gasteiger partial charge is 0.351 e. The highest BCUT2D eigenvalue weighted by atomic mass is 32.2. The third-order valence-corrected chi connectivity index (χ3v) is 6.12. The summed E-state index contributed by atoms with van der Waals surface area (Å²) in [6.07, 6.45) is 0. The van der Waals surface area contributed by atoms with E-state index in [1.165, 1.54) is 12.1 Å². The van der Waals surface area contributed by atoms with Crippen molar-refractivity contribution in [1.29, 1.82) is 0 Å². The average molecular weight is 409 g/mol. The van der Waals surface area contributed by atoms with Crippen molar-refractivity contribution >= 4 is 21.6 Å². The molecule has 6 heteroatoms. The zero-order chi connectivity index (χ0) is 20.9. The lowest BCUT2D eigenvalue weighted by Crippen LogP contribution is -2.27. The number of carbonyl (C=O) groups is 1. The van der Waals surface area contributed by atoms with Crippen LogP contribution in [0.4, 0.5) is 5.69 Å². The Bertz CT molecular complexity index is 1080. The van der Waals surface area contributed by atoms with E-state index in [4.69, 9.17) is 0 Å². The fraction of sp³-hybridized carbons (Fsp3) is 0.174. The Hall–Kier alpha value is -3.12. The van der Waals surface area contributed by atoms with Crippen molar-refractivity contribution in [3.05, 3.63) is 95.6 Å². The summed E-state index contributed by atoms with van der Waals surface area (Å²) in [7, 11) is -3.72. The number of benzene rings is 3. The molecule has 0 saturated carbocycles. The summed E-state index contributed by atoms with van der Waals surface area (Å²) < 4.78 is 27.8. The molecule has 0 fully saturated rings. The van der Waals surface area contributed by atoms with E-state index in [2.05, 4.69) is 10.0 Å². The van der Waals surface area contributed by atoms with Gasteiger partial charge in [-0.3, -0.25) is 9.52 Å². The zero-order valence-electron chi connectivity index (χ0n) is 16.4. The molecular formula is C23H24N2O3S. The fourth-order valence-electron chi connectivity index (χ4n) is 2.92. The average Bonchev–Trinajstić information content (AvgIpc) is 2.74. The number of rotatable bonds is 7. The molecule has 0 saturated heterocycles. The first-order valence-electron chi connectivity index (χ1n) is 9.38. The van der Waals surface area contributed by atoms with Crippen LogP contribution in [0.2, 0.25) is 0 Å². The smallest absolute Gasteiger partial charge is 0.261 e. The summed E-state index contributed by atoms with van der Waals surface area (Å²) in [5.74, 6) is -0.0745. The summed E-state index contributed by atoms with van der Waals surface area (Å²) in [6, 6.07) is 23.1. The van der Waals surface area contributed by atoms with Gasteiger partial charge in [0.25, 0.3) is 15.9 Å². The molecule has 5 nitrogen and oxygen atoms in total. The van der Waals surface area contributed by atoms with Crippen molar-refractivity contribution in [1.82, 2.24) is 5.32 Å². The molecule has 0 aliphatic carbocycles. The van der Waals surface area contributed by atoms with Gasteiger partial charge >= 0.3 is 0 Å². The summed E-state index contributed by atoms with van der Waals surface area (Å²) in [4.78, 5) is 12.8. The van der Waals surface area contributed by atoms with Gasteiger partial charge < -0.3 is 5.32 Å². The van der Waals surface area contributed by atoms with Crippen LogP contribution in [-0.4, -0.2) is 20.9 Å². The molecule has 0 unspecified atom stereocenters. The first kappa shape index (κ1) is 20.6. The number of anilines is 1. The fourth-order valence-corrected chi connectivity index (χ4v) is 4.07. The molecule has 2 N–H and O–H groups in total. The number of aryl methyl sites for hydroxylation is 1. The summed E-state index contributed by atoms with van der Waals surface area (Å²) in [5.41, 5.74) is 2.67. The van der Waals surface area contributed by atoms with E-state index in [-0.39, 0.29) is 16.7 Å². The summed E-state index contributed by atoms with van der Waals surface area (Å²) in [5, 5.41) is 2.92. The van der Waals surface area contributed by atoms with Crippen LogP contribution in [0.15, 0.2) is 83.8 Å². The highest BCUT2D eigenvalue weighted by molar-refractivity contribution is 7.92. The minimum Gasteiger partial charge on any atom is -0.351 e. The predicted octanol–water partition coefficient (Wildman–Crippen LogP) is 4.33. The van der Waals surface area contributed by atoms with E-state index < -0.39 is 10.0 Å². The Morgan fingerprint density at radius 3 is 2.21 bits per heavy atom. The topological polar surface area (TPSA) is 75.3 Å². The zero-order valence-corrected chi connectivity index (χ0v) is 17.2. The van der Waals surface area contributed by atoms with Crippen LogP contribution in [0.5, 0.6) is 0 Å². The van der Waals surface area contributed by atoms with E-state index >= 15 is 0 Å². The molecule has 0 radical (unpaired) electrons. The van der Waals surface area contributed by atoms with Crippen molar-refractivity contribution in [2.24, 2.45) is 0 Å². The van der Waals surface area contributed by atoms with E-state index in [1.54, 1.807) is 43.3 Å². The monoisotopic (exact) mass is 408 g/mol. The number of sulfonamides is 1. The molecule has 3 aromatic carbocycles. The van der Waals surface area contributed by atoms with Gasteiger partial charge in [0.15, 0.2) is 0 Å². The van der Waals surface area contributed by atoms with Crippen molar-refractivity contribution in [3.8, 4) is 0 Å². The highest BCUT2D eigenvalue weighted by Crippen LogP contribution is 2.21. The van der Waals surface area contributed by atoms with Crippen LogP contribution in [0, 0.1) is 6.92 Å². The minimum atomic E-state index is -3.72. The third kappa shape index (κ3) is 5.23. The Balaban J connectivity index is 1.72. The lowest BCUT2D eigenvalue weighted by atomic mass is 10.0. The molecule has 29 heavy (non-hydrogen) atoms. The van der Waals surface area contributed by atoms with Gasteiger partial charge in [-0.2, -0.15) is 0 Å². The maximum Gasteiger partial charge on any atom is 0.261 e. The second kappa shape index (κ2) is 8.92. The van der Waals surface area contributed by atoms with Crippen LogP contribution in [0.25, 0.3) is 0 Å². The van der Waals surface area contributed by atoms with Gasteiger partial charge in [-0.05, 0) is 48.2 Å². The third-order valence-electron chi connectivity index (χ3n) is 4.74. The lowest BCUT2D eigenvalue weighted by Gasteiger charge is -2.15. The van der Waals surface area contributed by atoms with Crippen molar-refractivity contribution in [3.63, 3.8) is 0 Å². The number of carbonyl (C=O) groups excluding carboxylic acids is 1. The summed E-state index contributed by atoms with van der Waals surface area (Å²) in [6.45, 7) is 4.33. The summed E-state index contributed by atoms with van der Waals surface area (Å²) >= 11 is 0. The standard InChI is InChI=1S/C23H24N2O3S/c1-17-13-14-20(23(26)24-16-18(2)19-9-5-3-6-10-19)15-22(17)25-29(27,28)21-11-7-4-8-12-21/h3-15,18,25H,16H2,1-2H3,(H,24,26)/t18-/m1/s1. The second-order valence-electron chi connectivity index (χ2n) is 6.97. The molecule has 0 bridgehead atoms. The van der Waals surface area contributed by atoms with Gasteiger partial charge in [-0.1, -0.05) is 61.5 Å². The molecular weight excluding hydrogens is 384 g/mol. The van der Waals surface area contributed by atoms with Gasteiger partial charge in [-0.15, -0.1) is 0 Å². The van der Waals surface area contributed by atoms with E-state index in [9.17, 15) is 13.2 Å². The van der Waals surface area contributed by atoms with Crippen LogP contribution in [0.1, 0.15) is 34.3 Å². The number of hydrogen-bond donors (Lipinski definition) is 2. The van der Waals surface area contributed by atoms with Gasteiger partial charge in [0, 0.05) is 12.1 Å². The number of amides is 1. The molecule has 1 atom stereocenters. The van der Waals surface area contributed by atoms with Crippen LogP contribution in [0.3, 0.4) is 0 Å². The Labute approximate surface area is 171 Å². The van der Waals surface area contributed by atoms with Gasteiger partial charge in [0.1, 0.15) is 0 Å². The van der Waals surface area contributed by atoms with Crippen LogP contribution < -0.4 is 10.0 Å². The van der Waals surface area contributed by atoms with Crippen LogP contribution in [-0.2, 0) is 10.0 Å². The Morgan fingerprint density at radius 2 is 1.55 bits per heavy atom. The molecule has 0 aliphatic heterocycles. The first-order valence-corrected chi connectivity index (χ1v) is 10.9. The van der Waals surface area contributed by atoms with E-state index in [0.717, 1.165) is 11.1 Å². The van der Waals surface area contributed by atoms with Gasteiger partial charge in [0.2, 0.25) is 0 Å². The minimum absolute atomic E-state index is 0.168. The maximum atomic E-state index is 12.6. The molecule has 1 amide bonds. The van der Waals surface area contributed by atoms with Gasteiger partial charge in [-0.25, -0.2) is 8.42 Å². The molecule has 3 rings (SSSR count). The number of nitrogens with one attached hydrogen (secondary N) is 2. The predicted molar refractivity (Wildman–Crippen MR) is 116 cm³/mol. The molecule has 0 spiro atoms. The SMILES string of the molecule is Cc1ccc(C(=O)NC[C@@H](C)c2ccccc2)cc1NS(=O)(=O)c1ccccc1.